The van der Waals surface area contributed by atoms with Crippen molar-refractivity contribution in [3.05, 3.63) is 12.2 Å². The molecular formula is C12H21N5O. The van der Waals surface area contributed by atoms with Crippen molar-refractivity contribution in [2.45, 2.75) is 32.2 Å². The number of rotatable bonds is 4. The van der Waals surface area contributed by atoms with E-state index in [0.717, 1.165) is 25.2 Å². The third kappa shape index (κ3) is 3.29. The van der Waals surface area contributed by atoms with E-state index in [1.807, 2.05) is 7.05 Å². The molecule has 6 nitrogen and oxygen atoms in total. The van der Waals surface area contributed by atoms with Crippen molar-refractivity contribution >= 4 is 5.91 Å². The third-order valence-electron chi connectivity index (χ3n) is 3.35. The molecule has 1 aliphatic rings. The van der Waals surface area contributed by atoms with Gasteiger partial charge in [-0.3, -0.25) is 9.48 Å². The van der Waals surface area contributed by atoms with Crippen molar-refractivity contribution in [3.63, 3.8) is 0 Å². The van der Waals surface area contributed by atoms with E-state index in [1.54, 1.807) is 11.0 Å². The molecule has 2 rings (SSSR count). The molecule has 6 heteroatoms. The smallest absolute Gasteiger partial charge is 0.237 e. The second kappa shape index (κ2) is 5.95. The maximum Gasteiger partial charge on any atom is 0.237 e. The lowest BCUT2D eigenvalue weighted by atomic mass is 9.92. The van der Waals surface area contributed by atoms with Crippen molar-refractivity contribution in [2.75, 3.05) is 13.1 Å². The molecule has 18 heavy (non-hydrogen) atoms. The number of carbonyl (C=O) groups is 1. The summed E-state index contributed by atoms with van der Waals surface area (Å²) < 4.78 is 1.67. The van der Waals surface area contributed by atoms with Crippen LogP contribution in [0.1, 0.15) is 25.6 Å². The van der Waals surface area contributed by atoms with Crippen LogP contribution < -0.4 is 10.6 Å². The average molecular weight is 251 g/mol. The van der Waals surface area contributed by atoms with Crippen LogP contribution in [0.25, 0.3) is 0 Å². The Hall–Kier alpha value is -1.43. The van der Waals surface area contributed by atoms with Crippen molar-refractivity contribution < 1.29 is 4.79 Å². The van der Waals surface area contributed by atoms with Gasteiger partial charge in [0.25, 0.3) is 0 Å². The molecule has 1 fully saturated rings. The van der Waals surface area contributed by atoms with E-state index in [2.05, 4.69) is 27.6 Å². The zero-order valence-electron chi connectivity index (χ0n) is 11.0. The van der Waals surface area contributed by atoms with E-state index in [0.29, 0.717) is 18.9 Å². The van der Waals surface area contributed by atoms with Crippen molar-refractivity contribution in [3.8, 4) is 0 Å². The highest BCUT2D eigenvalue weighted by Crippen LogP contribution is 2.15. The first-order valence-electron chi connectivity index (χ1n) is 6.52. The Kier molecular flexibility index (Phi) is 4.30. The summed E-state index contributed by atoms with van der Waals surface area (Å²) in [5.41, 5.74) is 0. The molecule has 0 aliphatic carbocycles. The minimum absolute atomic E-state index is 0.0459. The first kappa shape index (κ1) is 13.0. The maximum atomic E-state index is 12.0. The standard InChI is InChI=1S/C12H21N5O/c1-9-4-3-6-13-11(9)12(18)14-7-5-10-15-8-17(2)16-10/h8-9,11,13H,3-7H2,1-2H3,(H,14,18). The Balaban J connectivity index is 1.74. The van der Waals surface area contributed by atoms with Crippen LogP contribution in [-0.2, 0) is 18.3 Å². The Labute approximate surface area is 107 Å². The van der Waals surface area contributed by atoms with Gasteiger partial charge in [-0.1, -0.05) is 6.92 Å². The predicted octanol–water partition coefficient (Wildman–Crippen LogP) is -0.138. The van der Waals surface area contributed by atoms with E-state index in [1.165, 1.54) is 0 Å². The normalized spacial score (nSPS) is 23.9. The summed E-state index contributed by atoms with van der Waals surface area (Å²) in [6.45, 7) is 3.65. The van der Waals surface area contributed by atoms with Gasteiger partial charge < -0.3 is 10.6 Å². The SMILES string of the molecule is CC1CCCNC1C(=O)NCCc1ncn(C)n1. The fourth-order valence-electron chi connectivity index (χ4n) is 2.31. The van der Waals surface area contributed by atoms with Crippen LogP contribution in [-0.4, -0.2) is 39.8 Å². The lowest BCUT2D eigenvalue weighted by molar-refractivity contribution is -0.124. The van der Waals surface area contributed by atoms with Crippen LogP contribution in [0.15, 0.2) is 6.33 Å². The number of nitrogens with one attached hydrogen (secondary N) is 2. The molecule has 2 heterocycles. The highest BCUT2D eigenvalue weighted by atomic mass is 16.2. The van der Waals surface area contributed by atoms with Crippen LogP contribution in [0.3, 0.4) is 0 Å². The third-order valence-corrected chi connectivity index (χ3v) is 3.35. The van der Waals surface area contributed by atoms with Crippen LogP contribution in [0, 0.1) is 5.92 Å². The predicted molar refractivity (Wildman–Crippen MR) is 67.9 cm³/mol. The number of aryl methyl sites for hydroxylation is 1. The maximum absolute atomic E-state index is 12.0. The van der Waals surface area contributed by atoms with Crippen LogP contribution in [0.2, 0.25) is 0 Å². The van der Waals surface area contributed by atoms with E-state index >= 15 is 0 Å². The second-order valence-electron chi connectivity index (χ2n) is 4.93. The summed E-state index contributed by atoms with van der Waals surface area (Å²) in [5.74, 6) is 1.27. The first-order chi connectivity index (χ1) is 8.66. The minimum Gasteiger partial charge on any atom is -0.354 e. The number of piperidine rings is 1. The molecule has 1 aromatic rings. The molecule has 2 atom stereocenters. The quantitative estimate of drug-likeness (QED) is 0.781. The van der Waals surface area contributed by atoms with Gasteiger partial charge in [-0.05, 0) is 25.3 Å². The second-order valence-corrected chi connectivity index (χ2v) is 4.93. The Morgan fingerprint density at radius 3 is 3.17 bits per heavy atom. The summed E-state index contributed by atoms with van der Waals surface area (Å²) in [6.07, 6.45) is 4.62. The number of carbonyl (C=O) groups excluding carboxylic acids is 1. The van der Waals surface area contributed by atoms with Crippen molar-refractivity contribution in [2.24, 2.45) is 13.0 Å². The lowest BCUT2D eigenvalue weighted by Gasteiger charge is -2.28. The Morgan fingerprint density at radius 2 is 2.50 bits per heavy atom. The van der Waals surface area contributed by atoms with E-state index in [9.17, 15) is 4.79 Å². The van der Waals surface area contributed by atoms with Crippen LogP contribution in [0.4, 0.5) is 0 Å². The summed E-state index contributed by atoms with van der Waals surface area (Å²) in [5, 5.41) is 10.4. The molecule has 1 amide bonds. The van der Waals surface area contributed by atoms with E-state index < -0.39 is 0 Å². The zero-order valence-corrected chi connectivity index (χ0v) is 11.0. The van der Waals surface area contributed by atoms with Gasteiger partial charge in [-0.25, -0.2) is 4.98 Å². The zero-order chi connectivity index (χ0) is 13.0. The molecule has 1 aromatic heterocycles. The highest BCUT2D eigenvalue weighted by molar-refractivity contribution is 5.82. The topological polar surface area (TPSA) is 71.8 Å². The molecule has 2 N–H and O–H groups in total. The molecule has 1 aliphatic heterocycles. The Morgan fingerprint density at radius 1 is 1.67 bits per heavy atom. The molecule has 0 saturated carbocycles. The van der Waals surface area contributed by atoms with Gasteiger partial charge >= 0.3 is 0 Å². The van der Waals surface area contributed by atoms with E-state index in [-0.39, 0.29) is 11.9 Å². The summed E-state index contributed by atoms with van der Waals surface area (Å²) in [6, 6.07) is -0.0459. The number of aromatic nitrogens is 3. The largest absolute Gasteiger partial charge is 0.354 e. The molecule has 2 unspecified atom stereocenters. The summed E-state index contributed by atoms with van der Waals surface area (Å²) in [7, 11) is 1.84. The fourth-order valence-corrected chi connectivity index (χ4v) is 2.31. The molecule has 100 valence electrons. The molecule has 0 aromatic carbocycles. The molecule has 1 saturated heterocycles. The van der Waals surface area contributed by atoms with Crippen LogP contribution in [0.5, 0.6) is 0 Å². The van der Waals surface area contributed by atoms with Gasteiger partial charge in [0.15, 0.2) is 5.82 Å². The molecule has 0 bridgehead atoms. The van der Waals surface area contributed by atoms with Gasteiger partial charge in [0.2, 0.25) is 5.91 Å². The average Bonchev–Trinajstić information content (AvgIpc) is 2.75. The van der Waals surface area contributed by atoms with Crippen molar-refractivity contribution in [1.82, 2.24) is 25.4 Å². The molecule has 0 spiro atoms. The number of nitrogens with zero attached hydrogens (tertiary/aromatic N) is 3. The van der Waals surface area contributed by atoms with E-state index in [4.69, 9.17) is 0 Å². The molecule has 0 radical (unpaired) electrons. The van der Waals surface area contributed by atoms with Gasteiger partial charge in [0.05, 0.1) is 6.04 Å². The summed E-state index contributed by atoms with van der Waals surface area (Å²) in [4.78, 5) is 16.1. The van der Waals surface area contributed by atoms with Crippen molar-refractivity contribution in [1.29, 1.82) is 0 Å². The van der Waals surface area contributed by atoms with Gasteiger partial charge in [-0.15, -0.1) is 0 Å². The first-order valence-corrected chi connectivity index (χ1v) is 6.52. The van der Waals surface area contributed by atoms with Crippen LogP contribution >= 0.6 is 0 Å². The summed E-state index contributed by atoms with van der Waals surface area (Å²) >= 11 is 0. The highest BCUT2D eigenvalue weighted by Gasteiger charge is 2.26. The Bertz CT molecular complexity index is 403. The van der Waals surface area contributed by atoms with Gasteiger partial charge in [0.1, 0.15) is 6.33 Å². The number of hydrogen-bond acceptors (Lipinski definition) is 4. The molecular weight excluding hydrogens is 230 g/mol. The number of amides is 1. The monoisotopic (exact) mass is 251 g/mol. The lowest BCUT2D eigenvalue weighted by Crippen LogP contribution is -2.51. The van der Waals surface area contributed by atoms with Gasteiger partial charge in [-0.2, -0.15) is 5.10 Å². The number of hydrogen-bond donors (Lipinski definition) is 2. The fraction of sp³-hybridized carbons (Fsp3) is 0.750. The minimum atomic E-state index is -0.0459. The van der Waals surface area contributed by atoms with Gasteiger partial charge in [0, 0.05) is 20.0 Å².